The van der Waals surface area contributed by atoms with Gasteiger partial charge in [0.2, 0.25) is 0 Å². The average molecular weight is 222 g/mol. The summed E-state index contributed by atoms with van der Waals surface area (Å²) in [5.41, 5.74) is 2.20. The van der Waals surface area contributed by atoms with E-state index in [0.29, 0.717) is 18.8 Å². The predicted molar refractivity (Wildman–Crippen MR) is 58.9 cm³/mol. The third-order valence-corrected chi connectivity index (χ3v) is 2.96. The number of aryl methyl sites for hydroxylation is 1. The zero-order valence-corrected chi connectivity index (χ0v) is 9.08. The Morgan fingerprint density at radius 1 is 1.44 bits per heavy atom. The van der Waals surface area contributed by atoms with Crippen LogP contribution < -0.4 is 0 Å². The first kappa shape index (κ1) is 11.1. The molecular weight excluding hydrogens is 207 g/mol. The zero-order valence-electron chi connectivity index (χ0n) is 9.08. The summed E-state index contributed by atoms with van der Waals surface area (Å²) in [5.74, 6) is -0.431. The molecule has 0 aromatic heterocycles. The molecule has 16 heavy (non-hydrogen) atoms. The smallest absolute Gasteiger partial charge is 0.303 e. The maximum Gasteiger partial charge on any atom is 0.303 e. The second-order valence-corrected chi connectivity index (χ2v) is 4.36. The molecule has 0 spiro atoms. The van der Waals surface area contributed by atoms with E-state index in [1.165, 1.54) is 24.5 Å². The summed E-state index contributed by atoms with van der Waals surface area (Å²) in [4.78, 5) is 10.4. The molecule has 1 aromatic rings. The van der Waals surface area contributed by atoms with E-state index < -0.39 is 5.97 Å². The molecule has 0 atom stereocenters. The number of aliphatic carboxylic acids is 1. The second-order valence-electron chi connectivity index (χ2n) is 4.36. The quantitative estimate of drug-likeness (QED) is 0.831. The van der Waals surface area contributed by atoms with E-state index in [9.17, 15) is 9.18 Å². The van der Waals surface area contributed by atoms with Crippen molar-refractivity contribution >= 4 is 5.97 Å². The maximum atomic E-state index is 13.1. The normalized spacial score (nSPS) is 15.1. The van der Waals surface area contributed by atoms with Crippen molar-refractivity contribution < 1.29 is 14.3 Å². The number of hydrogen-bond acceptors (Lipinski definition) is 1. The lowest BCUT2D eigenvalue weighted by Gasteiger charge is -2.08. The van der Waals surface area contributed by atoms with E-state index in [4.69, 9.17) is 5.11 Å². The van der Waals surface area contributed by atoms with Gasteiger partial charge in [0.25, 0.3) is 0 Å². The van der Waals surface area contributed by atoms with Crippen molar-refractivity contribution in [1.82, 2.24) is 0 Å². The SMILES string of the molecule is O=C(O)CCCc1cc(F)ccc1C1CC1. The van der Waals surface area contributed by atoms with Gasteiger partial charge in [0.15, 0.2) is 0 Å². The minimum absolute atomic E-state index is 0.153. The molecule has 0 saturated heterocycles. The molecule has 1 N–H and O–H groups in total. The van der Waals surface area contributed by atoms with Crippen LogP contribution in [-0.4, -0.2) is 11.1 Å². The van der Waals surface area contributed by atoms with Gasteiger partial charge in [-0.2, -0.15) is 0 Å². The predicted octanol–water partition coefficient (Wildman–Crippen LogP) is 3.11. The van der Waals surface area contributed by atoms with Gasteiger partial charge in [-0.25, -0.2) is 4.39 Å². The third-order valence-electron chi connectivity index (χ3n) is 2.96. The Bertz CT molecular complexity index is 397. The zero-order chi connectivity index (χ0) is 11.5. The van der Waals surface area contributed by atoms with Crippen molar-refractivity contribution in [3.8, 4) is 0 Å². The molecule has 0 radical (unpaired) electrons. The Morgan fingerprint density at radius 2 is 2.19 bits per heavy atom. The van der Waals surface area contributed by atoms with Gasteiger partial charge in [-0.15, -0.1) is 0 Å². The monoisotopic (exact) mass is 222 g/mol. The van der Waals surface area contributed by atoms with E-state index in [2.05, 4.69) is 0 Å². The molecule has 86 valence electrons. The Hall–Kier alpha value is -1.38. The highest BCUT2D eigenvalue weighted by atomic mass is 19.1. The molecule has 2 nitrogen and oxygen atoms in total. The molecule has 0 aliphatic heterocycles. The van der Waals surface area contributed by atoms with Gasteiger partial charge in [-0.05, 0) is 54.9 Å². The van der Waals surface area contributed by atoms with Crippen LogP contribution in [-0.2, 0) is 11.2 Å². The summed E-state index contributed by atoms with van der Waals surface area (Å²) in [6.45, 7) is 0. The van der Waals surface area contributed by atoms with Crippen LogP contribution in [0.25, 0.3) is 0 Å². The first-order chi connectivity index (χ1) is 7.66. The van der Waals surface area contributed by atoms with Gasteiger partial charge >= 0.3 is 5.97 Å². The molecule has 1 fully saturated rings. The molecule has 0 amide bonds. The van der Waals surface area contributed by atoms with Gasteiger partial charge in [-0.3, -0.25) is 4.79 Å². The Labute approximate surface area is 94.1 Å². The number of hydrogen-bond donors (Lipinski definition) is 1. The molecule has 1 aromatic carbocycles. The third kappa shape index (κ3) is 2.81. The number of carbonyl (C=O) groups is 1. The number of rotatable bonds is 5. The fraction of sp³-hybridized carbons (Fsp3) is 0.462. The first-order valence-electron chi connectivity index (χ1n) is 5.67. The number of halogens is 1. The molecule has 1 aliphatic carbocycles. The van der Waals surface area contributed by atoms with E-state index in [1.807, 2.05) is 6.07 Å². The summed E-state index contributed by atoms with van der Waals surface area (Å²) >= 11 is 0. The van der Waals surface area contributed by atoms with Crippen molar-refractivity contribution in [2.75, 3.05) is 0 Å². The Kier molecular flexibility index (Phi) is 3.22. The average Bonchev–Trinajstić information content (AvgIpc) is 3.01. The van der Waals surface area contributed by atoms with E-state index >= 15 is 0 Å². The molecule has 1 saturated carbocycles. The Balaban J connectivity index is 2.05. The van der Waals surface area contributed by atoms with Crippen LogP contribution >= 0.6 is 0 Å². The highest BCUT2D eigenvalue weighted by molar-refractivity contribution is 5.66. The molecule has 3 heteroatoms. The molecule has 0 bridgehead atoms. The van der Waals surface area contributed by atoms with Gasteiger partial charge in [0.05, 0.1) is 0 Å². The van der Waals surface area contributed by atoms with Crippen LogP contribution in [0.15, 0.2) is 18.2 Å². The van der Waals surface area contributed by atoms with Crippen LogP contribution in [0.5, 0.6) is 0 Å². The van der Waals surface area contributed by atoms with Crippen molar-refractivity contribution in [3.05, 3.63) is 35.1 Å². The summed E-state index contributed by atoms with van der Waals surface area (Å²) in [5, 5.41) is 8.56. The summed E-state index contributed by atoms with van der Waals surface area (Å²) < 4.78 is 13.1. The second kappa shape index (κ2) is 4.64. The van der Waals surface area contributed by atoms with Crippen molar-refractivity contribution in [3.63, 3.8) is 0 Å². The van der Waals surface area contributed by atoms with Gasteiger partial charge in [0.1, 0.15) is 5.82 Å². The largest absolute Gasteiger partial charge is 0.481 e. The van der Waals surface area contributed by atoms with Crippen LogP contribution in [0.2, 0.25) is 0 Å². The van der Waals surface area contributed by atoms with E-state index in [0.717, 1.165) is 5.56 Å². The summed E-state index contributed by atoms with van der Waals surface area (Å²) in [6, 6.07) is 4.90. The molecule has 0 heterocycles. The fourth-order valence-electron chi connectivity index (χ4n) is 2.01. The van der Waals surface area contributed by atoms with Gasteiger partial charge < -0.3 is 5.11 Å². The standard InChI is InChI=1S/C13H15FO2/c14-11-6-7-12(9-4-5-9)10(8-11)2-1-3-13(15)16/h6-9H,1-5H2,(H,15,16). The molecular formula is C13H15FO2. The van der Waals surface area contributed by atoms with Crippen molar-refractivity contribution in [2.45, 2.75) is 38.0 Å². The number of benzene rings is 1. The Morgan fingerprint density at radius 3 is 2.81 bits per heavy atom. The lowest BCUT2D eigenvalue weighted by atomic mass is 9.98. The summed E-state index contributed by atoms with van der Waals surface area (Å²) in [6.07, 6.45) is 3.75. The molecule has 1 aliphatic rings. The highest BCUT2D eigenvalue weighted by Gasteiger charge is 2.25. The van der Waals surface area contributed by atoms with E-state index in [-0.39, 0.29) is 12.2 Å². The highest BCUT2D eigenvalue weighted by Crippen LogP contribution is 2.42. The maximum absolute atomic E-state index is 13.1. The minimum atomic E-state index is -0.788. The fourth-order valence-corrected chi connectivity index (χ4v) is 2.01. The lowest BCUT2D eigenvalue weighted by molar-refractivity contribution is -0.137. The van der Waals surface area contributed by atoms with Crippen LogP contribution in [0, 0.1) is 5.82 Å². The lowest BCUT2D eigenvalue weighted by Crippen LogP contribution is -1.98. The van der Waals surface area contributed by atoms with Crippen molar-refractivity contribution in [2.24, 2.45) is 0 Å². The molecule has 0 unspecified atom stereocenters. The topological polar surface area (TPSA) is 37.3 Å². The van der Waals surface area contributed by atoms with Crippen LogP contribution in [0.1, 0.15) is 42.7 Å². The van der Waals surface area contributed by atoms with Crippen LogP contribution in [0.4, 0.5) is 4.39 Å². The van der Waals surface area contributed by atoms with Gasteiger partial charge in [-0.1, -0.05) is 6.07 Å². The van der Waals surface area contributed by atoms with E-state index in [1.54, 1.807) is 6.07 Å². The number of carboxylic acids is 1. The number of carboxylic acid groups (broad SMARTS) is 1. The molecule has 2 rings (SSSR count). The van der Waals surface area contributed by atoms with Crippen LogP contribution in [0.3, 0.4) is 0 Å². The first-order valence-corrected chi connectivity index (χ1v) is 5.67. The summed E-state index contributed by atoms with van der Waals surface area (Å²) in [7, 11) is 0. The minimum Gasteiger partial charge on any atom is -0.481 e. The van der Waals surface area contributed by atoms with Crippen molar-refractivity contribution in [1.29, 1.82) is 0 Å². The van der Waals surface area contributed by atoms with Gasteiger partial charge in [0, 0.05) is 6.42 Å².